The van der Waals surface area contributed by atoms with Crippen molar-refractivity contribution in [2.45, 2.75) is 38.6 Å². The maximum Gasteiger partial charge on any atom is 0.173 e. The quantitative estimate of drug-likeness (QED) is 0.641. The van der Waals surface area contributed by atoms with Crippen LogP contribution in [0.15, 0.2) is 47.8 Å². The van der Waals surface area contributed by atoms with E-state index in [1.807, 2.05) is 33.8 Å². The van der Waals surface area contributed by atoms with Gasteiger partial charge in [0.1, 0.15) is 5.82 Å². The van der Waals surface area contributed by atoms with E-state index in [9.17, 15) is 8.78 Å². The third kappa shape index (κ3) is 2.15. The van der Waals surface area contributed by atoms with E-state index >= 15 is 0 Å². The van der Waals surface area contributed by atoms with E-state index in [1.54, 1.807) is 29.1 Å². The number of halogens is 2. The van der Waals surface area contributed by atoms with Crippen molar-refractivity contribution in [3.63, 3.8) is 0 Å². The van der Waals surface area contributed by atoms with Crippen LogP contribution in [-0.4, -0.2) is 20.6 Å². The van der Waals surface area contributed by atoms with Gasteiger partial charge in [-0.15, -0.1) is 0 Å². The zero-order valence-electron chi connectivity index (χ0n) is 14.6. The molecule has 0 unspecified atom stereocenters. The van der Waals surface area contributed by atoms with Crippen LogP contribution in [0.1, 0.15) is 44.4 Å². The van der Waals surface area contributed by atoms with Crippen LogP contribution in [0.3, 0.4) is 0 Å². The molecule has 25 heavy (non-hydrogen) atoms. The molecule has 0 saturated carbocycles. The van der Waals surface area contributed by atoms with Crippen LogP contribution in [0, 0.1) is 11.6 Å². The molecule has 3 aromatic rings. The van der Waals surface area contributed by atoms with Crippen LogP contribution < -0.4 is 0 Å². The molecular weight excluding hydrogens is 320 g/mol. The number of hydrogen-bond acceptors (Lipinski definition) is 2. The van der Waals surface area contributed by atoms with Crippen molar-refractivity contribution in [3.05, 3.63) is 71.2 Å². The second-order valence-corrected chi connectivity index (χ2v) is 7.54. The third-order valence-corrected chi connectivity index (χ3v) is 5.53. The van der Waals surface area contributed by atoms with Crippen molar-refractivity contribution < 1.29 is 8.78 Å². The molecule has 0 fully saturated rings. The van der Waals surface area contributed by atoms with Crippen molar-refractivity contribution >= 4 is 11.4 Å². The molecule has 1 aromatic carbocycles. The van der Waals surface area contributed by atoms with Crippen molar-refractivity contribution in [3.8, 4) is 0 Å². The Labute approximate surface area is 145 Å². The normalized spacial score (nSPS) is 18.1. The molecule has 1 aliphatic rings. The molecule has 0 saturated heterocycles. The Balaban J connectivity index is 2.00. The number of aromatic nitrogens is 2. The minimum Gasteiger partial charge on any atom is -0.305 e. The van der Waals surface area contributed by atoms with E-state index in [2.05, 4.69) is 4.98 Å². The molecule has 128 valence electrons. The van der Waals surface area contributed by atoms with Crippen molar-refractivity contribution in [2.75, 3.05) is 0 Å². The van der Waals surface area contributed by atoms with Gasteiger partial charge in [-0.1, -0.05) is 26.0 Å². The summed E-state index contributed by atoms with van der Waals surface area (Å²) in [6, 6.07) is 6.44. The smallest absolute Gasteiger partial charge is 0.173 e. The first-order valence-corrected chi connectivity index (χ1v) is 8.24. The number of rotatable bonds is 1. The van der Waals surface area contributed by atoms with Gasteiger partial charge in [-0.3, -0.25) is 4.99 Å². The van der Waals surface area contributed by atoms with E-state index in [0.717, 1.165) is 11.1 Å². The number of benzene rings is 1. The van der Waals surface area contributed by atoms with Crippen LogP contribution in [0.25, 0.3) is 5.65 Å². The van der Waals surface area contributed by atoms with Crippen LogP contribution in [0.5, 0.6) is 0 Å². The van der Waals surface area contributed by atoms with Gasteiger partial charge in [0.25, 0.3) is 0 Å². The number of hydrogen-bond donors (Lipinski definition) is 0. The largest absolute Gasteiger partial charge is 0.305 e. The number of aliphatic imine (C=N–C) groups is 1. The molecule has 3 nitrogen and oxygen atoms in total. The lowest BCUT2D eigenvalue weighted by atomic mass is 9.65. The lowest BCUT2D eigenvalue weighted by Crippen LogP contribution is -2.46. The average molecular weight is 339 g/mol. The Morgan fingerprint density at radius 1 is 1.00 bits per heavy atom. The molecule has 0 radical (unpaired) electrons. The minimum absolute atomic E-state index is 0.232. The SMILES string of the molecule is CC1(C)N=C(c2cnc3c(F)ccn3c2)c2cccc(F)c2C1(C)C. The molecule has 0 amide bonds. The molecule has 4 rings (SSSR count). The standard InChI is InChI=1S/C20H19F2N3/c1-19(2)16-13(6-5-7-14(16)21)17(24-20(19,3)4)12-10-23-18-15(22)8-9-25(18)11-12/h5-11H,1-4H3. The predicted molar refractivity (Wildman–Crippen MR) is 94.3 cm³/mol. The number of fused-ring (bicyclic) bond motifs is 2. The Kier molecular flexibility index (Phi) is 3.17. The molecule has 0 aliphatic carbocycles. The van der Waals surface area contributed by atoms with E-state index in [-0.39, 0.29) is 17.3 Å². The van der Waals surface area contributed by atoms with Crippen LogP contribution in [0.4, 0.5) is 8.78 Å². The molecule has 5 heteroatoms. The highest BCUT2D eigenvalue weighted by Crippen LogP contribution is 2.44. The maximum atomic E-state index is 14.7. The predicted octanol–water partition coefficient (Wildman–Crippen LogP) is 4.52. The van der Waals surface area contributed by atoms with Gasteiger partial charge >= 0.3 is 0 Å². The highest BCUT2D eigenvalue weighted by Gasteiger charge is 2.45. The number of nitrogens with zero attached hydrogens (tertiary/aromatic N) is 3. The maximum absolute atomic E-state index is 14.7. The van der Waals surface area contributed by atoms with Gasteiger partial charge in [-0.25, -0.2) is 13.8 Å². The zero-order chi connectivity index (χ0) is 18.0. The monoisotopic (exact) mass is 339 g/mol. The van der Waals surface area contributed by atoms with E-state index in [1.165, 1.54) is 12.1 Å². The van der Waals surface area contributed by atoms with E-state index in [0.29, 0.717) is 11.3 Å². The minimum atomic E-state index is -0.506. The zero-order valence-corrected chi connectivity index (χ0v) is 14.6. The summed E-state index contributed by atoms with van der Waals surface area (Å²) < 4.78 is 30.0. The Morgan fingerprint density at radius 3 is 2.52 bits per heavy atom. The molecule has 0 bridgehead atoms. The van der Waals surface area contributed by atoms with Crippen molar-refractivity contribution in [2.24, 2.45) is 4.99 Å². The topological polar surface area (TPSA) is 29.7 Å². The fraction of sp³-hybridized carbons (Fsp3) is 0.300. The summed E-state index contributed by atoms with van der Waals surface area (Å²) in [4.78, 5) is 9.14. The molecule has 0 spiro atoms. The summed E-state index contributed by atoms with van der Waals surface area (Å²) in [6.45, 7) is 8.03. The average Bonchev–Trinajstić information content (AvgIpc) is 2.92. The van der Waals surface area contributed by atoms with Crippen molar-refractivity contribution in [1.82, 2.24) is 9.38 Å². The lowest BCUT2D eigenvalue weighted by molar-refractivity contribution is 0.293. The summed E-state index contributed by atoms with van der Waals surface area (Å²) in [6.07, 6.45) is 5.00. The highest BCUT2D eigenvalue weighted by molar-refractivity contribution is 6.14. The van der Waals surface area contributed by atoms with E-state index < -0.39 is 11.0 Å². The molecule has 2 aromatic heterocycles. The van der Waals surface area contributed by atoms with Crippen molar-refractivity contribution in [1.29, 1.82) is 0 Å². The van der Waals surface area contributed by atoms with Gasteiger partial charge in [0.2, 0.25) is 0 Å². The van der Waals surface area contributed by atoms with Gasteiger partial charge in [0, 0.05) is 40.7 Å². The highest BCUT2D eigenvalue weighted by atomic mass is 19.1. The first kappa shape index (κ1) is 15.9. The Bertz CT molecular complexity index is 1030. The van der Waals surface area contributed by atoms with Gasteiger partial charge < -0.3 is 4.40 Å². The van der Waals surface area contributed by atoms with Gasteiger partial charge in [0.15, 0.2) is 11.5 Å². The van der Waals surface area contributed by atoms with Gasteiger partial charge in [-0.05, 0) is 26.0 Å². The summed E-state index contributed by atoms with van der Waals surface area (Å²) in [5.74, 6) is -0.603. The summed E-state index contributed by atoms with van der Waals surface area (Å²) in [5, 5.41) is 0. The molecular formula is C20H19F2N3. The van der Waals surface area contributed by atoms with Crippen LogP contribution in [0.2, 0.25) is 0 Å². The van der Waals surface area contributed by atoms with E-state index in [4.69, 9.17) is 4.99 Å². The van der Waals surface area contributed by atoms with Crippen LogP contribution in [-0.2, 0) is 5.41 Å². The fourth-order valence-corrected chi connectivity index (χ4v) is 3.44. The Morgan fingerprint density at radius 2 is 1.76 bits per heavy atom. The summed E-state index contributed by atoms with van der Waals surface area (Å²) in [7, 11) is 0. The Hall–Kier alpha value is -2.56. The van der Waals surface area contributed by atoms with Gasteiger partial charge in [0.05, 0.1) is 11.3 Å². The second-order valence-electron chi connectivity index (χ2n) is 7.54. The first-order chi connectivity index (χ1) is 11.7. The van der Waals surface area contributed by atoms with Gasteiger partial charge in [-0.2, -0.15) is 0 Å². The summed E-state index contributed by atoms with van der Waals surface area (Å²) in [5.41, 5.74) is 2.13. The lowest BCUT2D eigenvalue weighted by Gasteiger charge is -2.44. The third-order valence-electron chi connectivity index (χ3n) is 5.53. The molecule has 0 atom stereocenters. The molecule has 3 heterocycles. The first-order valence-electron chi connectivity index (χ1n) is 8.24. The fourth-order valence-electron chi connectivity index (χ4n) is 3.44. The second kappa shape index (κ2) is 4.97. The molecule has 1 aliphatic heterocycles. The summed E-state index contributed by atoms with van der Waals surface area (Å²) >= 11 is 0. The van der Waals surface area contributed by atoms with Crippen LogP contribution >= 0.6 is 0 Å². The molecule has 0 N–H and O–H groups in total.